The highest BCUT2D eigenvalue weighted by Gasteiger charge is 2.05. The highest BCUT2D eigenvalue weighted by atomic mass is 16.4. The fraction of sp³-hybridized carbons (Fsp3) is 0.267. The molecule has 108 valence electrons. The Morgan fingerprint density at radius 1 is 1.14 bits per heavy atom. The van der Waals surface area contributed by atoms with Crippen molar-refractivity contribution in [1.82, 2.24) is 20.5 Å². The Hall–Kier alpha value is -2.47. The van der Waals surface area contributed by atoms with Gasteiger partial charge in [-0.2, -0.15) is 0 Å². The van der Waals surface area contributed by atoms with E-state index in [0.29, 0.717) is 18.5 Å². The summed E-state index contributed by atoms with van der Waals surface area (Å²) in [5.74, 6) is 0.576. The molecule has 0 spiro atoms. The first-order valence-electron chi connectivity index (χ1n) is 6.90. The van der Waals surface area contributed by atoms with Gasteiger partial charge in [-0.1, -0.05) is 29.4 Å². The number of benzene rings is 1. The van der Waals surface area contributed by atoms with Crippen LogP contribution in [0.2, 0.25) is 0 Å². The zero-order valence-electron chi connectivity index (χ0n) is 11.8. The van der Waals surface area contributed by atoms with Crippen molar-refractivity contribution >= 4 is 16.9 Å². The molecular weight excluding hydrogens is 266 g/mol. The number of fused-ring (bicyclic) bond motifs is 1. The molecule has 0 aliphatic carbocycles. The van der Waals surface area contributed by atoms with Crippen LogP contribution in [0.25, 0.3) is 10.9 Å². The Bertz CT molecular complexity index is 719. The number of pyridine rings is 1. The molecule has 0 fully saturated rings. The van der Waals surface area contributed by atoms with Crippen molar-refractivity contribution in [1.29, 1.82) is 0 Å². The molecule has 0 amide bonds. The van der Waals surface area contributed by atoms with Crippen molar-refractivity contribution in [2.75, 3.05) is 18.9 Å². The molecule has 6 heteroatoms. The normalized spacial score (nSPS) is 10.9. The van der Waals surface area contributed by atoms with Crippen LogP contribution >= 0.6 is 0 Å². The lowest BCUT2D eigenvalue weighted by atomic mass is 10.1. The van der Waals surface area contributed by atoms with Crippen molar-refractivity contribution in [2.24, 2.45) is 0 Å². The first-order chi connectivity index (χ1) is 10.4. The molecule has 21 heavy (non-hydrogen) atoms. The van der Waals surface area contributed by atoms with Crippen LogP contribution in [-0.2, 0) is 13.0 Å². The summed E-state index contributed by atoms with van der Waals surface area (Å²) in [5, 5.41) is 15.1. The Morgan fingerprint density at radius 2 is 2.05 bits per heavy atom. The third-order valence-corrected chi connectivity index (χ3v) is 3.18. The maximum atomic E-state index is 5.44. The summed E-state index contributed by atoms with van der Waals surface area (Å²) in [6, 6.07) is 10.7. The Balaban J connectivity index is 1.63. The average Bonchev–Trinajstić information content (AvgIpc) is 2.96. The maximum absolute atomic E-state index is 5.44. The van der Waals surface area contributed by atoms with Gasteiger partial charge < -0.3 is 15.1 Å². The van der Waals surface area contributed by atoms with Crippen LogP contribution in [0, 0.1) is 0 Å². The van der Waals surface area contributed by atoms with E-state index < -0.39 is 0 Å². The first-order valence-corrected chi connectivity index (χ1v) is 6.90. The molecule has 3 aromatic rings. The van der Waals surface area contributed by atoms with E-state index in [1.54, 1.807) is 0 Å². The van der Waals surface area contributed by atoms with E-state index in [1.807, 2.05) is 19.3 Å². The number of rotatable bonds is 6. The van der Waals surface area contributed by atoms with Gasteiger partial charge in [0.1, 0.15) is 0 Å². The third-order valence-electron chi connectivity index (χ3n) is 3.18. The quantitative estimate of drug-likeness (QED) is 0.720. The van der Waals surface area contributed by atoms with Gasteiger partial charge in [0.2, 0.25) is 5.89 Å². The lowest BCUT2D eigenvalue weighted by Crippen LogP contribution is -2.06. The standard InChI is InChI=1S/C15H17N5O/c1-16-10-13-19-20-15(21-13)18-9-7-12-5-2-4-11-6-3-8-17-14(11)12/h2-6,8,16H,7,9-10H2,1H3,(H,18,20). The van der Waals surface area contributed by atoms with E-state index in [-0.39, 0.29) is 0 Å². The molecule has 0 atom stereocenters. The molecule has 6 nitrogen and oxygen atoms in total. The number of para-hydroxylation sites is 1. The molecule has 0 aliphatic heterocycles. The van der Waals surface area contributed by atoms with E-state index in [1.165, 1.54) is 5.56 Å². The predicted molar refractivity (Wildman–Crippen MR) is 81.0 cm³/mol. The van der Waals surface area contributed by atoms with Crippen LogP contribution < -0.4 is 10.6 Å². The fourth-order valence-electron chi connectivity index (χ4n) is 2.22. The van der Waals surface area contributed by atoms with E-state index in [0.717, 1.165) is 23.9 Å². The molecule has 1 aromatic carbocycles. The molecule has 0 unspecified atom stereocenters. The van der Waals surface area contributed by atoms with Crippen LogP contribution in [0.4, 0.5) is 6.01 Å². The maximum Gasteiger partial charge on any atom is 0.315 e. The number of nitrogens with zero attached hydrogens (tertiary/aromatic N) is 3. The number of hydrogen-bond acceptors (Lipinski definition) is 6. The van der Waals surface area contributed by atoms with Crippen LogP contribution in [0.15, 0.2) is 40.9 Å². The van der Waals surface area contributed by atoms with Gasteiger partial charge in [0.05, 0.1) is 12.1 Å². The van der Waals surface area contributed by atoms with Crippen molar-refractivity contribution < 1.29 is 4.42 Å². The van der Waals surface area contributed by atoms with Gasteiger partial charge in [0.15, 0.2) is 0 Å². The predicted octanol–water partition coefficient (Wildman–Crippen LogP) is 1.99. The minimum atomic E-state index is 0.452. The van der Waals surface area contributed by atoms with Gasteiger partial charge in [0.25, 0.3) is 0 Å². The summed E-state index contributed by atoms with van der Waals surface area (Å²) in [6.07, 6.45) is 2.67. The van der Waals surface area contributed by atoms with Gasteiger partial charge in [-0.05, 0) is 25.1 Å². The van der Waals surface area contributed by atoms with Crippen LogP contribution in [0.3, 0.4) is 0 Å². The van der Waals surface area contributed by atoms with Crippen molar-refractivity contribution in [3.63, 3.8) is 0 Å². The summed E-state index contributed by atoms with van der Waals surface area (Å²) < 4.78 is 5.44. The number of hydrogen-bond donors (Lipinski definition) is 2. The van der Waals surface area contributed by atoms with Gasteiger partial charge in [0, 0.05) is 18.1 Å². The van der Waals surface area contributed by atoms with Crippen molar-refractivity contribution in [2.45, 2.75) is 13.0 Å². The van der Waals surface area contributed by atoms with Crippen LogP contribution in [0.1, 0.15) is 11.5 Å². The van der Waals surface area contributed by atoms with Crippen LogP contribution in [-0.4, -0.2) is 28.8 Å². The minimum Gasteiger partial charge on any atom is -0.407 e. The third kappa shape index (κ3) is 3.17. The number of anilines is 1. The summed E-state index contributed by atoms with van der Waals surface area (Å²) in [4.78, 5) is 4.45. The molecule has 2 N–H and O–H groups in total. The van der Waals surface area contributed by atoms with Gasteiger partial charge in [-0.25, -0.2) is 0 Å². The topological polar surface area (TPSA) is 75.9 Å². The fourth-order valence-corrected chi connectivity index (χ4v) is 2.22. The molecule has 2 heterocycles. The number of aromatic nitrogens is 3. The van der Waals surface area contributed by atoms with Gasteiger partial charge in [-0.3, -0.25) is 4.98 Å². The summed E-state index contributed by atoms with van der Waals surface area (Å²) >= 11 is 0. The Labute approximate surface area is 122 Å². The van der Waals surface area contributed by atoms with E-state index in [2.05, 4.69) is 50.1 Å². The van der Waals surface area contributed by atoms with Crippen molar-refractivity contribution in [3.8, 4) is 0 Å². The molecular formula is C15H17N5O. The van der Waals surface area contributed by atoms with E-state index in [9.17, 15) is 0 Å². The summed E-state index contributed by atoms with van der Waals surface area (Å²) in [5.41, 5.74) is 2.25. The lowest BCUT2D eigenvalue weighted by Gasteiger charge is -2.05. The summed E-state index contributed by atoms with van der Waals surface area (Å²) in [6.45, 7) is 1.29. The monoisotopic (exact) mass is 283 g/mol. The molecule has 0 radical (unpaired) electrons. The second kappa shape index (κ2) is 6.32. The first kappa shape index (κ1) is 13.5. The molecule has 2 aromatic heterocycles. The largest absolute Gasteiger partial charge is 0.407 e. The number of nitrogens with one attached hydrogen (secondary N) is 2. The van der Waals surface area contributed by atoms with Gasteiger partial charge >= 0.3 is 6.01 Å². The molecule has 0 bridgehead atoms. The highest BCUT2D eigenvalue weighted by molar-refractivity contribution is 5.81. The highest BCUT2D eigenvalue weighted by Crippen LogP contribution is 2.16. The molecule has 0 saturated heterocycles. The van der Waals surface area contributed by atoms with Crippen molar-refractivity contribution in [3.05, 3.63) is 48.0 Å². The zero-order chi connectivity index (χ0) is 14.5. The van der Waals surface area contributed by atoms with Gasteiger partial charge in [-0.15, -0.1) is 5.10 Å². The summed E-state index contributed by atoms with van der Waals surface area (Å²) in [7, 11) is 1.84. The smallest absolute Gasteiger partial charge is 0.315 e. The molecule has 0 aliphatic rings. The van der Waals surface area contributed by atoms with Crippen LogP contribution in [0.5, 0.6) is 0 Å². The Morgan fingerprint density at radius 3 is 2.95 bits per heavy atom. The molecule has 0 saturated carbocycles. The second-order valence-corrected chi connectivity index (χ2v) is 4.70. The molecule has 3 rings (SSSR count). The average molecular weight is 283 g/mol. The second-order valence-electron chi connectivity index (χ2n) is 4.70. The Kier molecular flexibility index (Phi) is 4.07. The van der Waals surface area contributed by atoms with E-state index >= 15 is 0 Å². The zero-order valence-corrected chi connectivity index (χ0v) is 11.8. The van der Waals surface area contributed by atoms with E-state index in [4.69, 9.17) is 4.42 Å². The minimum absolute atomic E-state index is 0.452. The SMILES string of the molecule is CNCc1nnc(NCCc2cccc3cccnc23)o1. The lowest BCUT2D eigenvalue weighted by molar-refractivity contribution is 0.489.